The summed E-state index contributed by atoms with van der Waals surface area (Å²) in [5, 5.41) is 7.49. The Kier molecular flexibility index (Phi) is 6.37. The third-order valence-electron chi connectivity index (χ3n) is 3.94. The fourth-order valence-corrected chi connectivity index (χ4v) is 2.87. The van der Waals surface area contributed by atoms with E-state index in [-0.39, 0.29) is 18.5 Å². The Hall–Kier alpha value is -2.12. The number of halogens is 1. The Balaban J connectivity index is 1.87. The molecule has 1 fully saturated rings. The standard InChI is InChI=1S/C13H19ClN8O/c14-11-9-17-12(22(11)8-5-18-20-16)1-2-13(23)21-6-3-10(19-15)4-7-21/h9-10,15H,1-8H2. The molecule has 1 amide bonds. The Morgan fingerprint density at radius 1 is 1.52 bits per heavy atom. The first-order valence-electron chi connectivity index (χ1n) is 7.50. The van der Waals surface area contributed by atoms with E-state index in [0.29, 0.717) is 43.5 Å². The minimum Gasteiger partial charge on any atom is -0.343 e. The lowest BCUT2D eigenvalue weighted by atomic mass is 10.1. The number of piperidine rings is 1. The monoisotopic (exact) mass is 338 g/mol. The number of likely N-dealkylation sites (tertiary alicyclic amines) is 1. The van der Waals surface area contributed by atoms with Crippen LogP contribution in [-0.4, -0.2) is 46.0 Å². The van der Waals surface area contributed by atoms with Crippen molar-refractivity contribution in [2.75, 3.05) is 19.6 Å². The maximum atomic E-state index is 12.3. The number of nitrogens with one attached hydrogen (secondary N) is 1. The van der Waals surface area contributed by atoms with Crippen molar-refractivity contribution in [3.8, 4) is 0 Å². The van der Waals surface area contributed by atoms with Gasteiger partial charge in [-0.3, -0.25) is 4.79 Å². The number of carbonyl (C=O) groups excluding carboxylic acids is 1. The van der Waals surface area contributed by atoms with Crippen LogP contribution in [0.4, 0.5) is 0 Å². The molecule has 1 aliphatic heterocycles. The van der Waals surface area contributed by atoms with Gasteiger partial charge in [-0.15, -0.1) is 0 Å². The van der Waals surface area contributed by atoms with E-state index >= 15 is 0 Å². The summed E-state index contributed by atoms with van der Waals surface area (Å²) in [6.07, 6.45) is 3.89. The molecule has 0 unspecified atom stereocenters. The van der Waals surface area contributed by atoms with Crippen LogP contribution in [0.1, 0.15) is 25.1 Å². The molecule has 1 saturated heterocycles. The maximum Gasteiger partial charge on any atom is 0.223 e. The SMILES string of the molecule is [N-]=[N+]=NCCn1c(Cl)cnc1CCC(=O)N1CCC(N=N)CC1. The summed E-state index contributed by atoms with van der Waals surface area (Å²) < 4.78 is 1.76. The highest BCUT2D eigenvalue weighted by molar-refractivity contribution is 6.29. The first-order chi connectivity index (χ1) is 11.2. The maximum absolute atomic E-state index is 12.3. The van der Waals surface area contributed by atoms with Crippen LogP contribution in [0.3, 0.4) is 0 Å². The number of aromatic nitrogens is 2. The largest absolute Gasteiger partial charge is 0.343 e. The summed E-state index contributed by atoms with van der Waals surface area (Å²) in [5.74, 6) is 0.793. The van der Waals surface area contributed by atoms with Gasteiger partial charge >= 0.3 is 0 Å². The zero-order chi connectivity index (χ0) is 16.7. The molecule has 0 aliphatic carbocycles. The number of hydrogen-bond donors (Lipinski definition) is 1. The van der Waals surface area contributed by atoms with Gasteiger partial charge in [0.1, 0.15) is 11.0 Å². The molecule has 1 aliphatic rings. The number of aryl methyl sites for hydroxylation is 1. The average Bonchev–Trinajstić information content (AvgIpc) is 2.93. The van der Waals surface area contributed by atoms with Crippen LogP contribution in [0.2, 0.25) is 5.15 Å². The van der Waals surface area contributed by atoms with E-state index in [1.54, 1.807) is 10.8 Å². The van der Waals surface area contributed by atoms with E-state index in [4.69, 9.17) is 22.7 Å². The van der Waals surface area contributed by atoms with Crippen molar-refractivity contribution in [1.29, 1.82) is 5.53 Å². The van der Waals surface area contributed by atoms with E-state index in [2.05, 4.69) is 20.1 Å². The number of azide groups is 1. The first-order valence-corrected chi connectivity index (χ1v) is 7.88. The van der Waals surface area contributed by atoms with E-state index in [1.807, 2.05) is 4.90 Å². The molecule has 0 saturated carbocycles. The molecule has 0 radical (unpaired) electrons. The van der Waals surface area contributed by atoms with Crippen molar-refractivity contribution in [2.45, 2.75) is 38.3 Å². The van der Waals surface area contributed by atoms with Gasteiger partial charge in [-0.25, -0.2) is 10.5 Å². The summed E-state index contributed by atoms with van der Waals surface area (Å²) in [6.45, 7) is 2.04. The van der Waals surface area contributed by atoms with E-state index in [0.717, 1.165) is 12.8 Å². The number of amides is 1. The van der Waals surface area contributed by atoms with Crippen LogP contribution in [-0.2, 0) is 17.8 Å². The number of carbonyl (C=O) groups is 1. The lowest BCUT2D eigenvalue weighted by molar-refractivity contribution is -0.132. The lowest BCUT2D eigenvalue weighted by Gasteiger charge is -2.29. The summed E-state index contributed by atoms with van der Waals surface area (Å²) in [6, 6.07) is 0.0532. The minimum absolute atomic E-state index is 0.0532. The fraction of sp³-hybridized carbons (Fsp3) is 0.692. The van der Waals surface area contributed by atoms with Gasteiger partial charge in [0, 0.05) is 43.9 Å². The lowest BCUT2D eigenvalue weighted by Crippen LogP contribution is -2.39. The fourth-order valence-electron chi connectivity index (χ4n) is 2.64. The highest BCUT2D eigenvalue weighted by atomic mass is 35.5. The van der Waals surface area contributed by atoms with Gasteiger partial charge in [0.05, 0.1) is 12.2 Å². The zero-order valence-corrected chi connectivity index (χ0v) is 13.5. The third kappa shape index (κ3) is 4.67. The van der Waals surface area contributed by atoms with Gasteiger partial charge in [0.2, 0.25) is 5.91 Å². The minimum atomic E-state index is 0.0532. The van der Waals surface area contributed by atoms with Crippen molar-refractivity contribution in [3.05, 3.63) is 27.6 Å². The first kappa shape index (κ1) is 17.2. The molecular weight excluding hydrogens is 320 g/mol. The molecule has 0 bridgehead atoms. The Labute approximate surface area is 138 Å². The molecule has 124 valence electrons. The Bertz CT molecular complexity index is 601. The molecule has 0 aromatic carbocycles. The van der Waals surface area contributed by atoms with E-state index in [9.17, 15) is 4.79 Å². The van der Waals surface area contributed by atoms with Crippen molar-refractivity contribution in [3.63, 3.8) is 0 Å². The average molecular weight is 339 g/mol. The number of hydrogen-bond acceptors (Lipinski definition) is 5. The van der Waals surface area contributed by atoms with Crippen LogP contribution in [0, 0.1) is 5.53 Å². The van der Waals surface area contributed by atoms with E-state index in [1.165, 1.54) is 0 Å². The van der Waals surface area contributed by atoms with Crippen LogP contribution >= 0.6 is 11.6 Å². The number of rotatable bonds is 7. The van der Waals surface area contributed by atoms with Gasteiger partial charge in [-0.2, -0.15) is 5.11 Å². The quantitative estimate of drug-likeness (QED) is 0.466. The predicted octanol–water partition coefficient (Wildman–Crippen LogP) is 2.80. The molecule has 1 N–H and O–H groups in total. The molecule has 23 heavy (non-hydrogen) atoms. The zero-order valence-electron chi connectivity index (χ0n) is 12.7. The van der Waals surface area contributed by atoms with Gasteiger partial charge in [0.15, 0.2) is 0 Å². The second kappa shape index (κ2) is 8.50. The van der Waals surface area contributed by atoms with Crippen LogP contribution in [0.25, 0.3) is 10.4 Å². The molecular formula is C13H19ClN8O. The third-order valence-corrected chi connectivity index (χ3v) is 4.24. The second-order valence-electron chi connectivity index (χ2n) is 5.34. The van der Waals surface area contributed by atoms with Crippen molar-refractivity contribution >= 4 is 17.5 Å². The number of imidazole rings is 1. The van der Waals surface area contributed by atoms with E-state index < -0.39 is 0 Å². The molecule has 2 rings (SSSR count). The highest BCUT2D eigenvalue weighted by Crippen LogP contribution is 2.16. The molecule has 1 aromatic rings. The Morgan fingerprint density at radius 2 is 2.26 bits per heavy atom. The smallest absolute Gasteiger partial charge is 0.223 e. The van der Waals surface area contributed by atoms with Crippen LogP contribution < -0.4 is 0 Å². The summed E-state index contributed by atoms with van der Waals surface area (Å²) in [5.41, 5.74) is 15.3. The molecule has 2 heterocycles. The van der Waals surface area contributed by atoms with Crippen molar-refractivity contribution in [2.24, 2.45) is 10.2 Å². The summed E-state index contributed by atoms with van der Waals surface area (Å²) in [7, 11) is 0. The van der Waals surface area contributed by atoms with Gasteiger partial charge < -0.3 is 9.47 Å². The topological polar surface area (TPSA) is 123 Å². The summed E-state index contributed by atoms with van der Waals surface area (Å²) >= 11 is 6.06. The van der Waals surface area contributed by atoms with Crippen molar-refractivity contribution < 1.29 is 4.79 Å². The molecule has 1 aromatic heterocycles. The predicted molar refractivity (Wildman–Crippen MR) is 84.3 cm³/mol. The second-order valence-corrected chi connectivity index (χ2v) is 5.73. The molecule has 10 heteroatoms. The number of nitrogens with zero attached hydrogens (tertiary/aromatic N) is 7. The van der Waals surface area contributed by atoms with Crippen LogP contribution in [0.5, 0.6) is 0 Å². The summed E-state index contributed by atoms with van der Waals surface area (Å²) in [4.78, 5) is 21.0. The van der Waals surface area contributed by atoms with Gasteiger partial charge in [-0.05, 0) is 18.4 Å². The molecule has 9 nitrogen and oxygen atoms in total. The Morgan fingerprint density at radius 3 is 2.91 bits per heavy atom. The normalized spacial score (nSPS) is 15.3. The van der Waals surface area contributed by atoms with Gasteiger partial charge in [0.25, 0.3) is 0 Å². The highest BCUT2D eigenvalue weighted by Gasteiger charge is 2.22. The van der Waals surface area contributed by atoms with Crippen LogP contribution in [0.15, 0.2) is 16.4 Å². The molecule has 0 atom stereocenters. The molecule has 0 spiro atoms. The van der Waals surface area contributed by atoms with Gasteiger partial charge in [-0.1, -0.05) is 16.7 Å². The van der Waals surface area contributed by atoms with Crippen molar-refractivity contribution in [1.82, 2.24) is 14.5 Å².